The summed E-state index contributed by atoms with van der Waals surface area (Å²) in [6.45, 7) is 5.16. The van der Waals surface area contributed by atoms with E-state index in [0.29, 0.717) is 0 Å². The highest BCUT2D eigenvalue weighted by Gasteiger charge is 2.41. The standard InChI is InChI=1S/C15H24BrNOS/c1-3-18-15(6-4-5-11(2)9-15)14(17)8-13-7-12(16)10-19-13/h7,10-11,14H,3-6,8-9,17H2,1-2H3. The lowest BCUT2D eigenvalue weighted by atomic mass is 9.74. The fourth-order valence-corrected chi connectivity index (χ4v) is 4.78. The molecule has 0 aromatic carbocycles. The van der Waals surface area contributed by atoms with Crippen LogP contribution in [0.3, 0.4) is 0 Å². The van der Waals surface area contributed by atoms with Gasteiger partial charge in [-0.2, -0.15) is 0 Å². The van der Waals surface area contributed by atoms with Crippen LogP contribution in [0.4, 0.5) is 0 Å². The first kappa shape index (κ1) is 15.5. The summed E-state index contributed by atoms with van der Waals surface area (Å²) >= 11 is 5.29. The molecule has 1 heterocycles. The van der Waals surface area contributed by atoms with E-state index in [-0.39, 0.29) is 11.6 Å². The number of ether oxygens (including phenoxy) is 1. The summed E-state index contributed by atoms with van der Waals surface area (Å²) in [5.41, 5.74) is 6.43. The van der Waals surface area contributed by atoms with Crippen molar-refractivity contribution in [1.82, 2.24) is 0 Å². The van der Waals surface area contributed by atoms with Crippen molar-refractivity contribution in [1.29, 1.82) is 0 Å². The zero-order valence-corrected chi connectivity index (χ0v) is 14.2. The summed E-state index contributed by atoms with van der Waals surface area (Å²) in [7, 11) is 0. The molecule has 1 aromatic heterocycles. The van der Waals surface area contributed by atoms with Gasteiger partial charge in [-0.1, -0.05) is 19.8 Å². The van der Waals surface area contributed by atoms with Crippen LogP contribution in [0, 0.1) is 5.92 Å². The Morgan fingerprint density at radius 2 is 2.42 bits per heavy atom. The Morgan fingerprint density at radius 1 is 1.63 bits per heavy atom. The van der Waals surface area contributed by atoms with Gasteiger partial charge in [-0.05, 0) is 54.1 Å². The lowest BCUT2D eigenvalue weighted by Crippen LogP contribution is -2.53. The molecule has 2 rings (SSSR count). The Kier molecular flexibility index (Phi) is 5.46. The minimum absolute atomic E-state index is 0.0979. The SMILES string of the molecule is CCOC1(C(N)Cc2cc(Br)cs2)CCCC(C)C1. The molecule has 3 atom stereocenters. The van der Waals surface area contributed by atoms with E-state index in [9.17, 15) is 0 Å². The second kappa shape index (κ2) is 6.70. The molecular weight excluding hydrogens is 322 g/mol. The predicted octanol–water partition coefficient (Wildman–Crippen LogP) is 4.37. The maximum atomic E-state index is 6.54. The van der Waals surface area contributed by atoms with Crippen LogP contribution in [-0.2, 0) is 11.2 Å². The zero-order valence-electron chi connectivity index (χ0n) is 11.8. The van der Waals surface area contributed by atoms with Crippen LogP contribution in [0.1, 0.15) is 44.4 Å². The normalized spacial score (nSPS) is 29.4. The van der Waals surface area contributed by atoms with Gasteiger partial charge in [0.25, 0.3) is 0 Å². The van der Waals surface area contributed by atoms with E-state index < -0.39 is 0 Å². The van der Waals surface area contributed by atoms with Gasteiger partial charge in [-0.15, -0.1) is 11.3 Å². The van der Waals surface area contributed by atoms with Gasteiger partial charge in [0.05, 0.1) is 5.60 Å². The van der Waals surface area contributed by atoms with Gasteiger partial charge in [0.1, 0.15) is 0 Å². The third-order valence-corrected chi connectivity index (χ3v) is 5.86. The first-order valence-electron chi connectivity index (χ1n) is 7.18. The summed E-state index contributed by atoms with van der Waals surface area (Å²) in [6.07, 6.45) is 5.69. The third-order valence-electron chi connectivity index (χ3n) is 4.14. The molecule has 108 valence electrons. The molecular formula is C15H24BrNOS. The molecule has 0 amide bonds. The van der Waals surface area contributed by atoms with E-state index in [0.717, 1.165) is 36.3 Å². The average molecular weight is 346 g/mol. The maximum absolute atomic E-state index is 6.54. The van der Waals surface area contributed by atoms with Crippen molar-refractivity contribution >= 4 is 27.3 Å². The Morgan fingerprint density at radius 3 is 3.00 bits per heavy atom. The van der Waals surface area contributed by atoms with Gasteiger partial charge in [-0.25, -0.2) is 0 Å². The van der Waals surface area contributed by atoms with E-state index in [1.807, 2.05) is 0 Å². The minimum Gasteiger partial charge on any atom is -0.374 e. The fourth-order valence-electron chi connectivity index (χ4n) is 3.27. The van der Waals surface area contributed by atoms with Crippen LogP contribution < -0.4 is 5.73 Å². The second-order valence-corrected chi connectivity index (χ2v) is 7.65. The molecule has 1 aliphatic rings. The highest BCUT2D eigenvalue weighted by molar-refractivity contribution is 9.10. The number of hydrogen-bond donors (Lipinski definition) is 1. The summed E-state index contributed by atoms with van der Waals surface area (Å²) in [6, 6.07) is 2.27. The molecule has 1 aliphatic carbocycles. The minimum atomic E-state index is -0.108. The molecule has 0 bridgehead atoms. The lowest BCUT2D eigenvalue weighted by molar-refractivity contribution is -0.0923. The van der Waals surface area contributed by atoms with E-state index in [4.69, 9.17) is 10.5 Å². The zero-order chi connectivity index (χ0) is 13.9. The first-order valence-corrected chi connectivity index (χ1v) is 8.85. The highest BCUT2D eigenvalue weighted by atomic mass is 79.9. The van der Waals surface area contributed by atoms with Crippen molar-refractivity contribution in [3.63, 3.8) is 0 Å². The van der Waals surface area contributed by atoms with Crippen molar-refractivity contribution < 1.29 is 4.74 Å². The van der Waals surface area contributed by atoms with Gasteiger partial charge >= 0.3 is 0 Å². The quantitative estimate of drug-likeness (QED) is 0.859. The second-order valence-electron chi connectivity index (χ2n) is 5.74. The molecule has 0 aliphatic heterocycles. The van der Waals surface area contributed by atoms with Crippen molar-refractivity contribution in [2.75, 3.05) is 6.61 Å². The fraction of sp³-hybridized carbons (Fsp3) is 0.733. The summed E-state index contributed by atoms with van der Waals surface area (Å²) < 4.78 is 7.30. The number of hydrogen-bond acceptors (Lipinski definition) is 3. The molecule has 1 fully saturated rings. The van der Waals surface area contributed by atoms with Crippen LogP contribution in [0.15, 0.2) is 15.9 Å². The molecule has 0 radical (unpaired) electrons. The Bertz CT molecular complexity index is 405. The van der Waals surface area contributed by atoms with E-state index in [1.54, 1.807) is 11.3 Å². The van der Waals surface area contributed by atoms with E-state index in [2.05, 4.69) is 41.2 Å². The summed E-state index contributed by atoms with van der Waals surface area (Å²) in [5, 5.41) is 2.12. The van der Waals surface area contributed by atoms with Crippen molar-refractivity contribution in [3.05, 3.63) is 20.8 Å². The Balaban J connectivity index is 2.09. The predicted molar refractivity (Wildman–Crippen MR) is 85.7 cm³/mol. The Labute approximate surface area is 128 Å². The first-order chi connectivity index (χ1) is 9.05. The van der Waals surface area contributed by atoms with Crippen molar-refractivity contribution in [3.8, 4) is 0 Å². The highest BCUT2D eigenvalue weighted by Crippen LogP contribution is 2.38. The molecule has 0 spiro atoms. The largest absolute Gasteiger partial charge is 0.374 e. The summed E-state index contributed by atoms with van der Waals surface area (Å²) in [4.78, 5) is 1.34. The van der Waals surface area contributed by atoms with Crippen LogP contribution in [0.25, 0.3) is 0 Å². The van der Waals surface area contributed by atoms with Gasteiger partial charge in [0, 0.05) is 27.4 Å². The maximum Gasteiger partial charge on any atom is 0.0838 e. The molecule has 19 heavy (non-hydrogen) atoms. The van der Waals surface area contributed by atoms with Crippen LogP contribution in [0.2, 0.25) is 0 Å². The Hall–Kier alpha value is 0.1000. The number of nitrogens with two attached hydrogens (primary N) is 1. The topological polar surface area (TPSA) is 35.2 Å². The van der Waals surface area contributed by atoms with Gasteiger partial charge in [0.15, 0.2) is 0 Å². The molecule has 0 saturated heterocycles. The number of halogens is 1. The molecule has 4 heteroatoms. The van der Waals surface area contributed by atoms with E-state index in [1.165, 1.54) is 17.7 Å². The van der Waals surface area contributed by atoms with Gasteiger partial charge in [-0.3, -0.25) is 0 Å². The summed E-state index contributed by atoms with van der Waals surface area (Å²) in [5.74, 6) is 0.724. The molecule has 2 N–H and O–H groups in total. The third kappa shape index (κ3) is 3.81. The monoisotopic (exact) mass is 345 g/mol. The van der Waals surface area contributed by atoms with Crippen molar-refractivity contribution in [2.24, 2.45) is 11.7 Å². The number of rotatable bonds is 5. The van der Waals surface area contributed by atoms with Crippen LogP contribution in [-0.4, -0.2) is 18.2 Å². The van der Waals surface area contributed by atoms with Crippen LogP contribution in [0.5, 0.6) is 0 Å². The lowest BCUT2D eigenvalue weighted by Gasteiger charge is -2.44. The smallest absolute Gasteiger partial charge is 0.0838 e. The van der Waals surface area contributed by atoms with Crippen LogP contribution >= 0.6 is 27.3 Å². The average Bonchev–Trinajstić information content (AvgIpc) is 2.75. The molecule has 2 nitrogen and oxygen atoms in total. The molecule has 1 saturated carbocycles. The molecule has 1 aromatic rings. The van der Waals surface area contributed by atoms with Gasteiger partial charge in [0.2, 0.25) is 0 Å². The van der Waals surface area contributed by atoms with Gasteiger partial charge < -0.3 is 10.5 Å². The molecule has 3 unspecified atom stereocenters. The number of thiophene rings is 1. The van der Waals surface area contributed by atoms with Crippen molar-refractivity contribution in [2.45, 2.75) is 57.6 Å². The van der Waals surface area contributed by atoms with E-state index >= 15 is 0 Å².